The lowest BCUT2D eigenvalue weighted by Gasteiger charge is -2.46. The van der Waals surface area contributed by atoms with Crippen molar-refractivity contribution in [2.45, 2.75) is 38.6 Å². The zero-order valence-corrected chi connectivity index (χ0v) is 10.7. The predicted molar refractivity (Wildman–Crippen MR) is 64.1 cm³/mol. The highest BCUT2D eigenvalue weighted by molar-refractivity contribution is 5.13. The molecule has 0 saturated carbocycles. The maximum Gasteiger partial charge on any atom is 0.156 e. The monoisotopic (exact) mass is 228 g/mol. The van der Waals surface area contributed by atoms with Gasteiger partial charge in [0.2, 0.25) is 0 Å². The minimum Gasteiger partial charge on any atom is -0.400 e. The van der Waals surface area contributed by atoms with Crippen molar-refractivity contribution in [1.82, 2.24) is 4.90 Å². The number of aliphatic hydroxyl groups is 1. The molecule has 4 nitrogen and oxygen atoms in total. The van der Waals surface area contributed by atoms with Crippen LogP contribution in [0.15, 0.2) is 0 Å². The molecule has 2 heterocycles. The first-order chi connectivity index (χ1) is 7.87. The average Bonchev–Trinajstić information content (AvgIpc) is 2.35. The number of aliphatic hydroxyl groups excluding tert-OH is 1. The third kappa shape index (κ3) is 3.44. The Morgan fingerprint density at radius 1 is 1.12 bits per heavy atom. The van der Waals surface area contributed by atoms with Gasteiger partial charge in [0, 0.05) is 7.11 Å². The first-order valence-electron chi connectivity index (χ1n) is 6.06. The average molecular weight is 228 g/mol. The summed E-state index contributed by atoms with van der Waals surface area (Å²) in [7, 11) is 1.00. The van der Waals surface area contributed by atoms with Crippen molar-refractivity contribution < 1.29 is 9.84 Å². The number of hydrogen-bond donors (Lipinski definition) is 1. The van der Waals surface area contributed by atoms with E-state index in [2.05, 4.69) is 11.0 Å². The van der Waals surface area contributed by atoms with E-state index in [-0.39, 0.29) is 5.54 Å². The number of nitriles is 1. The Balaban J connectivity index is 0.000000509. The highest BCUT2D eigenvalue weighted by atomic mass is 16.5. The van der Waals surface area contributed by atoms with Gasteiger partial charge in [-0.2, -0.15) is 5.26 Å². The van der Waals surface area contributed by atoms with E-state index < -0.39 is 0 Å². The molecule has 2 rings (SSSR count). The van der Waals surface area contributed by atoms with Crippen molar-refractivity contribution in [2.24, 2.45) is 0 Å². The molecule has 16 heavy (non-hydrogen) atoms. The minimum absolute atomic E-state index is 0.250. The van der Waals surface area contributed by atoms with Crippen LogP contribution in [-0.4, -0.2) is 49.0 Å². The van der Waals surface area contributed by atoms with E-state index >= 15 is 0 Å². The van der Waals surface area contributed by atoms with Crippen molar-refractivity contribution in [1.29, 1.82) is 5.26 Å². The maximum atomic E-state index is 9.02. The molecular weight excluding hydrogens is 204 g/mol. The van der Waals surface area contributed by atoms with Gasteiger partial charge in [-0.1, -0.05) is 20.3 Å². The second-order valence-corrected chi connectivity index (χ2v) is 3.68. The molecule has 0 bridgehead atoms. The Bertz CT molecular complexity index is 204. The van der Waals surface area contributed by atoms with E-state index in [4.69, 9.17) is 15.1 Å². The third-order valence-electron chi connectivity index (χ3n) is 2.85. The summed E-state index contributed by atoms with van der Waals surface area (Å²) in [5.74, 6) is 0. The van der Waals surface area contributed by atoms with Crippen LogP contribution in [0, 0.1) is 11.3 Å². The van der Waals surface area contributed by atoms with Gasteiger partial charge in [0.25, 0.3) is 0 Å². The fourth-order valence-corrected chi connectivity index (χ4v) is 1.94. The zero-order chi connectivity index (χ0) is 12.4. The number of hydrogen-bond acceptors (Lipinski definition) is 4. The van der Waals surface area contributed by atoms with Crippen LogP contribution >= 0.6 is 0 Å². The first-order valence-corrected chi connectivity index (χ1v) is 6.06. The second-order valence-electron chi connectivity index (χ2n) is 3.68. The second kappa shape index (κ2) is 8.51. The number of rotatable bonds is 1. The van der Waals surface area contributed by atoms with Gasteiger partial charge in [0.05, 0.1) is 19.3 Å². The molecule has 0 aromatic rings. The Kier molecular flexibility index (Phi) is 8.18. The van der Waals surface area contributed by atoms with Gasteiger partial charge in [0.1, 0.15) is 0 Å². The van der Waals surface area contributed by atoms with E-state index in [0.717, 1.165) is 20.2 Å². The van der Waals surface area contributed by atoms with E-state index in [0.29, 0.717) is 13.2 Å². The smallest absolute Gasteiger partial charge is 0.156 e. The van der Waals surface area contributed by atoms with Crippen LogP contribution in [0.4, 0.5) is 0 Å². The van der Waals surface area contributed by atoms with Gasteiger partial charge in [-0.15, -0.1) is 0 Å². The summed E-state index contributed by atoms with van der Waals surface area (Å²) >= 11 is 0. The fourth-order valence-electron chi connectivity index (χ4n) is 1.94. The van der Waals surface area contributed by atoms with Crippen molar-refractivity contribution >= 4 is 0 Å². The molecule has 0 spiro atoms. The van der Waals surface area contributed by atoms with Crippen LogP contribution in [-0.2, 0) is 4.74 Å². The quantitative estimate of drug-likeness (QED) is 0.737. The summed E-state index contributed by atoms with van der Waals surface area (Å²) in [5.41, 5.74) is -0.250. The topological polar surface area (TPSA) is 56.5 Å². The maximum absolute atomic E-state index is 9.02. The number of nitrogens with zero attached hydrogens (tertiary/aromatic N) is 2. The molecule has 2 fully saturated rings. The Labute approximate surface area is 98.8 Å². The van der Waals surface area contributed by atoms with Gasteiger partial charge < -0.3 is 9.84 Å². The summed E-state index contributed by atoms with van der Waals surface area (Å²) < 4.78 is 5.12. The molecule has 0 atom stereocenters. The van der Waals surface area contributed by atoms with Gasteiger partial charge in [-0.3, -0.25) is 4.90 Å². The molecule has 1 N–H and O–H groups in total. The molecule has 4 heteroatoms. The Hall–Kier alpha value is -0.630. The van der Waals surface area contributed by atoms with E-state index in [1.807, 2.05) is 13.8 Å². The number of ether oxygens (including phenoxy) is 1. The molecular formula is C12H24N2O2. The zero-order valence-electron chi connectivity index (χ0n) is 10.7. The molecule has 0 amide bonds. The molecule has 2 aliphatic heterocycles. The van der Waals surface area contributed by atoms with Crippen LogP contribution in [0.1, 0.15) is 33.1 Å². The molecule has 2 aliphatic rings. The van der Waals surface area contributed by atoms with Crippen LogP contribution in [0.25, 0.3) is 0 Å². The molecule has 94 valence electrons. The summed E-state index contributed by atoms with van der Waals surface area (Å²) in [6.45, 7) is 7.39. The Morgan fingerprint density at radius 2 is 1.62 bits per heavy atom. The number of likely N-dealkylation sites (tertiary alicyclic amines) is 1. The Morgan fingerprint density at radius 3 is 1.94 bits per heavy atom. The summed E-state index contributed by atoms with van der Waals surface area (Å²) in [6, 6.07) is 2.39. The van der Waals surface area contributed by atoms with Gasteiger partial charge in [-0.05, 0) is 25.9 Å². The van der Waals surface area contributed by atoms with Crippen LogP contribution < -0.4 is 0 Å². The van der Waals surface area contributed by atoms with Crippen LogP contribution in [0.5, 0.6) is 0 Å². The van der Waals surface area contributed by atoms with Gasteiger partial charge in [0.15, 0.2) is 5.54 Å². The van der Waals surface area contributed by atoms with Gasteiger partial charge >= 0.3 is 0 Å². The molecule has 0 aromatic carbocycles. The standard InChI is InChI=1S/C9H14N2O.C2H6.CH4O/c10-6-9(7-12-8-9)11-4-2-1-3-5-11;2*1-2/h1-5,7-8H2;1-2H3;2H,1H3. The van der Waals surface area contributed by atoms with Crippen LogP contribution in [0.2, 0.25) is 0 Å². The minimum atomic E-state index is -0.250. The van der Waals surface area contributed by atoms with Crippen molar-refractivity contribution in [3.63, 3.8) is 0 Å². The van der Waals surface area contributed by atoms with E-state index in [1.54, 1.807) is 0 Å². The SMILES string of the molecule is CC.CO.N#CC1(N2CCCCC2)COC1. The first kappa shape index (κ1) is 15.4. The van der Waals surface area contributed by atoms with Crippen molar-refractivity contribution in [3.8, 4) is 6.07 Å². The van der Waals surface area contributed by atoms with Crippen LogP contribution in [0.3, 0.4) is 0 Å². The highest BCUT2D eigenvalue weighted by Gasteiger charge is 2.44. The largest absolute Gasteiger partial charge is 0.400 e. The van der Waals surface area contributed by atoms with E-state index in [9.17, 15) is 0 Å². The highest BCUT2D eigenvalue weighted by Crippen LogP contribution is 2.27. The lowest BCUT2D eigenvalue weighted by atomic mass is 9.94. The third-order valence-corrected chi connectivity index (χ3v) is 2.85. The summed E-state index contributed by atoms with van der Waals surface area (Å²) in [5, 5.41) is 16.0. The molecule has 0 aromatic heterocycles. The van der Waals surface area contributed by atoms with E-state index in [1.165, 1.54) is 19.3 Å². The summed E-state index contributed by atoms with van der Waals surface area (Å²) in [4.78, 5) is 2.29. The molecule has 2 saturated heterocycles. The van der Waals surface area contributed by atoms with Crippen molar-refractivity contribution in [2.75, 3.05) is 33.4 Å². The lowest BCUT2D eigenvalue weighted by molar-refractivity contribution is -0.113. The normalized spacial score (nSPS) is 22.4. The molecule has 0 radical (unpaired) electrons. The lowest BCUT2D eigenvalue weighted by Crippen LogP contribution is -2.62. The van der Waals surface area contributed by atoms with Gasteiger partial charge in [-0.25, -0.2) is 0 Å². The number of piperidine rings is 1. The van der Waals surface area contributed by atoms with Crippen molar-refractivity contribution in [3.05, 3.63) is 0 Å². The molecule has 0 aliphatic carbocycles. The predicted octanol–water partition coefficient (Wildman–Crippen LogP) is 1.40. The summed E-state index contributed by atoms with van der Waals surface area (Å²) in [6.07, 6.45) is 3.80. The fraction of sp³-hybridized carbons (Fsp3) is 0.917. The molecule has 0 unspecified atom stereocenters.